The Hall–Kier alpha value is -2.49. The number of amides is 2. The van der Waals surface area contributed by atoms with Crippen molar-refractivity contribution in [1.29, 1.82) is 0 Å². The van der Waals surface area contributed by atoms with Crippen molar-refractivity contribution in [3.05, 3.63) is 54.1 Å². The first-order chi connectivity index (χ1) is 10.8. The smallest absolute Gasteiger partial charge is 0.323 e. The zero-order valence-electron chi connectivity index (χ0n) is 14.5. The highest BCUT2D eigenvalue weighted by molar-refractivity contribution is 5.99. The first-order valence-electron chi connectivity index (χ1n) is 7.71. The van der Waals surface area contributed by atoms with Gasteiger partial charge in [0.2, 0.25) is 0 Å². The molecule has 0 aliphatic rings. The Balaban J connectivity index is 1.96. The molecule has 0 unspecified atom stereocenters. The van der Waals surface area contributed by atoms with Gasteiger partial charge in [0.1, 0.15) is 0 Å². The van der Waals surface area contributed by atoms with Crippen molar-refractivity contribution >= 4 is 23.1 Å². The largest absolute Gasteiger partial charge is 0.378 e. The lowest BCUT2D eigenvalue weighted by atomic mass is 9.87. The lowest BCUT2D eigenvalue weighted by Crippen LogP contribution is -2.19. The molecule has 0 atom stereocenters. The molecular weight excluding hydrogens is 286 g/mol. The van der Waals surface area contributed by atoms with Gasteiger partial charge in [-0.1, -0.05) is 32.9 Å². The molecule has 0 saturated heterocycles. The monoisotopic (exact) mass is 311 g/mol. The van der Waals surface area contributed by atoms with Gasteiger partial charge in [0.15, 0.2) is 0 Å². The predicted molar refractivity (Wildman–Crippen MR) is 98.6 cm³/mol. The Morgan fingerprint density at radius 1 is 0.826 bits per heavy atom. The van der Waals surface area contributed by atoms with Crippen LogP contribution in [0.2, 0.25) is 0 Å². The van der Waals surface area contributed by atoms with Crippen molar-refractivity contribution in [1.82, 2.24) is 0 Å². The first-order valence-corrected chi connectivity index (χ1v) is 7.71. The fraction of sp³-hybridized carbons (Fsp3) is 0.316. The molecule has 0 saturated carbocycles. The topological polar surface area (TPSA) is 44.4 Å². The van der Waals surface area contributed by atoms with E-state index in [0.29, 0.717) is 0 Å². The van der Waals surface area contributed by atoms with Gasteiger partial charge in [0, 0.05) is 31.2 Å². The molecule has 4 heteroatoms. The molecule has 0 aromatic heterocycles. The van der Waals surface area contributed by atoms with Crippen LogP contribution in [0.15, 0.2) is 48.5 Å². The molecule has 0 spiro atoms. The van der Waals surface area contributed by atoms with Crippen LogP contribution in [0.1, 0.15) is 26.3 Å². The first kappa shape index (κ1) is 16.9. The summed E-state index contributed by atoms with van der Waals surface area (Å²) in [6.45, 7) is 6.50. The molecule has 0 radical (unpaired) electrons. The van der Waals surface area contributed by atoms with Gasteiger partial charge < -0.3 is 15.5 Å². The van der Waals surface area contributed by atoms with Gasteiger partial charge in [-0.25, -0.2) is 4.79 Å². The second kappa shape index (κ2) is 6.73. The van der Waals surface area contributed by atoms with E-state index in [4.69, 9.17) is 0 Å². The Morgan fingerprint density at radius 3 is 1.65 bits per heavy atom. The Labute approximate surface area is 138 Å². The Kier molecular flexibility index (Phi) is 4.94. The van der Waals surface area contributed by atoms with Crippen LogP contribution in [0.5, 0.6) is 0 Å². The number of carbonyl (C=O) groups is 1. The average Bonchev–Trinajstić information content (AvgIpc) is 2.47. The maximum atomic E-state index is 12.0. The van der Waals surface area contributed by atoms with Gasteiger partial charge in [-0.2, -0.15) is 0 Å². The van der Waals surface area contributed by atoms with Crippen LogP contribution in [0.3, 0.4) is 0 Å². The molecule has 4 nitrogen and oxygen atoms in total. The van der Waals surface area contributed by atoms with E-state index in [9.17, 15) is 4.79 Å². The zero-order chi connectivity index (χ0) is 17.0. The van der Waals surface area contributed by atoms with Gasteiger partial charge >= 0.3 is 6.03 Å². The highest BCUT2D eigenvalue weighted by Crippen LogP contribution is 2.23. The van der Waals surface area contributed by atoms with Gasteiger partial charge in [0.25, 0.3) is 0 Å². The Morgan fingerprint density at radius 2 is 1.26 bits per heavy atom. The van der Waals surface area contributed by atoms with Crippen LogP contribution < -0.4 is 15.5 Å². The summed E-state index contributed by atoms with van der Waals surface area (Å²) in [6, 6.07) is 15.4. The summed E-state index contributed by atoms with van der Waals surface area (Å²) in [7, 11) is 3.97. The fourth-order valence-electron chi connectivity index (χ4n) is 2.19. The van der Waals surface area contributed by atoms with Crippen molar-refractivity contribution in [3.8, 4) is 0 Å². The number of rotatable bonds is 3. The van der Waals surface area contributed by atoms with Crippen molar-refractivity contribution < 1.29 is 4.79 Å². The van der Waals surface area contributed by atoms with Crippen LogP contribution in [0.4, 0.5) is 21.9 Å². The third kappa shape index (κ3) is 4.74. The number of nitrogens with zero attached hydrogens (tertiary/aromatic N) is 1. The minimum absolute atomic E-state index is 0.106. The highest BCUT2D eigenvalue weighted by Gasteiger charge is 2.13. The number of carbonyl (C=O) groups excluding carboxylic acids is 1. The molecule has 2 aromatic rings. The number of benzene rings is 2. The second-order valence-electron chi connectivity index (χ2n) is 6.85. The van der Waals surface area contributed by atoms with Crippen LogP contribution in [0, 0.1) is 0 Å². The molecule has 2 amide bonds. The van der Waals surface area contributed by atoms with Crippen LogP contribution in [-0.4, -0.2) is 20.1 Å². The van der Waals surface area contributed by atoms with Gasteiger partial charge in [0.05, 0.1) is 0 Å². The minimum Gasteiger partial charge on any atom is -0.378 e. The van der Waals surface area contributed by atoms with Crippen molar-refractivity contribution in [2.45, 2.75) is 26.2 Å². The summed E-state index contributed by atoms with van der Waals surface area (Å²) >= 11 is 0. The van der Waals surface area contributed by atoms with E-state index >= 15 is 0 Å². The molecule has 0 bridgehead atoms. The summed E-state index contributed by atoms with van der Waals surface area (Å²) in [4.78, 5) is 14.1. The molecule has 0 heterocycles. The van der Waals surface area contributed by atoms with Crippen LogP contribution >= 0.6 is 0 Å². The zero-order valence-corrected chi connectivity index (χ0v) is 14.5. The number of hydrogen-bond donors (Lipinski definition) is 2. The van der Waals surface area contributed by atoms with Gasteiger partial charge in [-0.15, -0.1) is 0 Å². The normalized spacial score (nSPS) is 11.0. The Bertz CT molecular complexity index is 653. The van der Waals surface area contributed by atoms with Crippen molar-refractivity contribution in [3.63, 3.8) is 0 Å². The molecule has 0 fully saturated rings. The fourth-order valence-corrected chi connectivity index (χ4v) is 2.19. The maximum absolute atomic E-state index is 12.0. The lowest BCUT2D eigenvalue weighted by molar-refractivity contribution is 0.262. The highest BCUT2D eigenvalue weighted by atomic mass is 16.2. The molecule has 23 heavy (non-hydrogen) atoms. The van der Waals surface area contributed by atoms with Crippen molar-refractivity contribution in [2.75, 3.05) is 29.6 Å². The van der Waals surface area contributed by atoms with Crippen LogP contribution in [0.25, 0.3) is 0 Å². The van der Waals surface area contributed by atoms with Gasteiger partial charge in [-0.3, -0.25) is 0 Å². The van der Waals surface area contributed by atoms with Crippen LogP contribution in [-0.2, 0) is 5.41 Å². The molecule has 2 rings (SSSR count). The summed E-state index contributed by atoms with van der Waals surface area (Å²) in [6.07, 6.45) is 0. The van der Waals surface area contributed by atoms with Gasteiger partial charge in [-0.05, 0) is 47.4 Å². The molecule has 0 aliphatic heterocycles. The maximum Gasteiger partial charge on any atom is 0.323 e. The van der Waals surface area contributed by atoms with E-state index in [0.717, 1.165) is 17.1 Å². The van der Waals surface area contributed by atoms with E-state index in [1.165, 1.54) is 5.56 Å². The van der Waals surface area contributed by atoms with E-state index in [2.05, 4.69) is 31.4 Å². The lowest BCUT2D eigenvalue weighted by Gasteiger charge is -2.19. The SMILES string of the molecule is CN(C)c1ccc(NC(=O)Nc2ccc(C(C)(C)C)cc2)cc1. The van der Waals surface area contributed by atoms with E-state index < -0.39 is 0 Å². The quantitative estimate of drug-likeness (QED) is 0.863. The third-order valence-corrected chi connectivity index (χ3v) is 3.65. The molecule has 122 valence electrons. The number of hydrogen-bond acceptors (Lipinski definition) is 2. The van der Waals surface area contributed by atoms with E-state index in [1.54, 1.807) is 0 Å². The molecular formula is C19H25N3O. The molecule has 2 N–H and O–H groups in total. The standard InChI is InChI=1S/C19H25N3O/c1-19(2,3)14-6-8-15(9-7-14)20-18(23)21-16-10-12-17(13-11-16)22(4)5/h6-13H,1-5H3,(H2,20,21,23). The number of anilines is 3. The summed E-state index contributed by atoms with van der Waals surface area (Å²) in [5.74, 6) is 0. The third-order valence-electron chi connectivity index (χ3n) is 3.65. The molecule has 2 aromatic carbocycles. The van der Waals surface area contributed by atoms with Crippen molar-refractivity contribution in [2.24, 2.45) is 0 Å². The van der Waals surface area contributed by atoms with E-state index in [1.807, 2.05) is 67.5 Å². The average molecular weight is 311 g/mol. The predicted octanol–water partition coefficient (Wildman–Crippen LogP) is 4.69. The second-order valence-corrected chi connectivity index (χ2v) is 6.85. The number of urea groups is 1. The summed E-state index contributed by atoms with van der Waals surface area (Å²) < 4.78 is 0. The summed E-state index contributed by atoms with van der Waals surface area (Å²) in [5.41, 5.74) is 3.98. The van der Waals surface area contributed by atoms with E-state index in [-0.39, 0.29) is 11.4 Å². The number of nitrogens with one attached hydrogen (secondary N) is 2. The minimum atomic E-state index is -0.244. The molecule has 0 aliphatic carbocycles. The summed E-state index contributed by atoms with van der Waals surface area (Å²) in [5, 5.41) is 5.68.